The van der Waals surface area contributed by atoms with Crippen LogP contribution in [0, 0.1) is 0 Å². The van der Waals surface area contributed by atoms with E-state index in [1.54, 1.807) is 14.0 Å². The number of fused-ring (bicyclic) bond motifs is 1. The Morgan fingerprint density at radius 1 is 1.13 bits per heavy atom. The molecule has 2 rings (SSSR count). The lowest BCUT2D eigenvalue weighted by Gasteiger charge is -2.42. The van der Waals surface area contributed by atoms with E-state index in [0.717, 1.165) is 19.1 Å². The highest BCUT2D eigenvalue weighted by atomic mass is 16.7. The van der Waals surface area contributed by atoms with Crippen LogP contribution in [0.3, 0.4) is 0 Å². The topological polar surface area (TPSA) is 44.8 Å². The SMILES string of the molecule is COC(C)OCOc1cc2c(cc1C=O)C(C)(C)CCC2(C)C. The molecular formula is C19H28O4. The lowest BCUT2D eigenvalue weighted by atomic mass is 9.63. The highest BCUT2D eigenvalue weighted by Crippen LogP contribution is 2.47. The third kappa shape index (κ3) is 3.75. The van der Waals surface area contributed by atoms with Crippen LogP contribution in [0.4, 0.5) is 0 Å². The number of hydrogen-bond acceptors (Lipinski definition) is 4. The first-order valence-electron chi connectivity index (χ1n) is 8.12. The van der Waals surface area contributed by atoms with Crippen LogP contribution in [0.2, 0.25) is 0 Å². The standard InChI is InChI=1S/C19H28O4/c1-13(21-6)22-12-23-17-10-16-15(9-14(17)11-20)18(2,3)7-8-19(16,4)5/h9-11,13H,7-8,12H2,1-6H3. The van der Waals surface area contributed by atoms with Crippen molar-refractivity contribution in [1.82, 2.24) is 0 Å². The van der Waals surface area contributed by atoms with E-state index >= 15 is 0 Å². The van der Waals surface area contributed by atoms with E-state index in [0.29, 0.717) is 11.3 Å². The van der Waals surface area contributed by atoms with E-state index in [2.05, 4.69) is 27.7 Å². The van der Waals surface area contributed by atoms with Gasteiger partial charge in [0.25, 0.3) is 0 Å². The fraction of sp³-hybridized carbons (Fsp3) is 0.632. The van der Waals surface area contributed by atoms with Crippen molar-refractivity contribution >= 4 is 6.29 Å². The summed E-state index contributed by atoms with van der Waals surface area (Å²) in [6.45, 7) is 10.8. The van der Waals surface area contributed by atoms with Crippen LogP contribution < -0.4 is 4.74 Å². The third-order valence-corrected chi connectivity index (χ3v) is 4.96. The molecule has 1 aliphatic rings. The number of benzene rings is 1. The predicted molar refractivity (Wildman–Crippen MR) is 90.2 cm³/mol. The molecule has 23 heavy (non-hydrogen) atoms. The molecule has 4 heteroatoms. The Bertz CT molecular complexity index is 575. The van der Waals surface area contributed by atoms with E-state index in [1.165, 1.54) is 11.1 Å². The summed E-state index contributed by atoms with van der Waals surface area (Å²) in [5.74, 6) is 0.577. The molecule has 0 aliphatic heterocycles. The van der Waals surface area contributed by atoms with Gasteiger partial charge >= 0.3 is 0 Å². The van der Waals surface area contributed by atoms with Crippen molar-refractivity contribution in [2.45, 2.75) is 64.6 Å². The summed E-state index contributed by atoms with van der Waals surface area (Å²) in [5, 5.41) is 0. The summed E-state index contributed by atoms with van der Waals surface area (Å²) in [6, 6.07) is 4.00. The fourth-order valence-corrected chi connectivity index (χ4v) is 3.09. The van der Waals surface area contributed by atoms with Crippen LogP contribution in [-0.2, 0) is 20.3 Å². The molecule has 1 aromatic rings. The average Bonchev–Trinajstić information content (AvgIpc) is 2.51. The molecule has 0 saturated carbocycles. The van der Waals surface area contributed by atoms with Crippen molar-refractivity contribution in [3.63, 3.8) is 0 Å². The maximum atomic E-state index is 11.5. The number of carbonyl (C=O) groups excluding carboxylic acids is 1. The normalized spacial score (nSPS) is 19.7. The van der Waals surface area contributed by atoms with Crippen LogP contribution in [0.15, 0.2) is 12.1 Å². The second-order valence-corrected chi connectivity index (χ2v) is 7.55. The van der Waals surface area contributed by atoms with Crippen molar-refractivity contribution in [3.05, 3.63) is 28.8 Å². The van der Waals surface area contributed by atoms with Gasteiger partial charge in [-0.1, -0.05) is 27.7 Å². The van der Waals surface area contributed by atoms with Crippen molar-refractivity contribution < 1.29 is 19.0 Å². The Balaban J connectivity index is 2.36. The number of hydrogen-bond donors (Lipinski definition) is 0. The average molecular weight is 320 g/mol. The van der Waals surface area contributed by atoms with E-state index in [4.69, 9.17) is 14.2 Å². The third-order valence-electron chi connectivity index (χ3n) is 4.96. The summed E-state index contributed by atoms with van der Waals surface area (Å²) in [6.07, 6.45) is 2.74. The van der Waals surface area contributed by atoms with E-state index < -0.39 is 0 Å². The summed E-state index contributed by atoms with van der Waals surface area (Å²) in [5.41, 5.74) is 3.22. The Morgan fingerprint density at radius 3 is 2.22 bits per heavy atom. The summed E-state index contributed by atoms with van der Waals surface area (Å²) in [7, 11) is 1.57. The number of aldehydes is 1. The molecule has 128 valence electrons. The van der Waals surface area contributed by atoms with Gasteiger partial charge in [0.05, 0.1) is 5.56 Å². The Labute approximate surface area is 139 Å². The molecule has 0 amide bonds. The van der Waals surface area contributed by atoms with Gasteiger partial charge in [-0.3, -0.25) is 4.79 Å². The van der Waals surface area contributed by atoms with Crippen LogP contribution in [0.25, 0.3) is 0 Å². The Hall–Kier alpha value is -1.39. The number of methoxy groups -OCH3 is 1. The zero-order valence-corrected chi connectivity index (χ0v) is 15.1. The molecule has 0 aromatic heterocycles. The van der Waals surface area contributed by atoms with E-state index in [-0.39, 0.29) is 23.9 Å². The zero-order valence-electron chi connectivity index (χ0n) is 15.1. The quantitative estimate of drug-likeness (QED) is 0.582. The van der Waals surface area contributed by atoms with Crippen LogP contribution in [0.1, 0.15) is 68.9 Å². The van der Waals surface area contributed by atoms with Crippen molar-refractivity contribution in [3.8, 4) is 5.75 Å². The Kier molecular flexibility index (Phi) is 5.17. The molecule has 1 aromatic carbocycles. The van der Waals surface area contributed by atoms with Gasteiger partial charge in [-0.15, -0.1) is 0 Å². The molecule has 0 N–H and O–H groups in total. The monoisotopic (exact) mass is 320 g/mol. The van der Waals surface area contributed by atoms with Crippen LogP contribution in [-0.4, -0.2) is 26.5 Å². The molecule has 0 radical (unpaired) electrons. The van der Waals surface area contributed by atoms with Crippen molar-refractivity contribution in [1.29, 1.82) is 0 Å². The summed E-state index contributed by atoms with van der Waals surface area (Å²) >= 11 is 0. The van der Waals surface area contributed by atoms with Gasteiger partial charge < -0.3 is 14.2 Å². The maximum absolute atomic E-state index is 11.5. The largest absolute Gasteiger partial charge is 0.467 e. The highest BCUT2D eigenvalue weighted by molar-refractivity contribution is 5.80. The summed E-state index contributed by atoms with van der Waals surface area (Å²) in [4.78, 5) is 11.5. The van der Waals surface area contributed by atoms with Gasteiger partial charge in [-0.2, -0.15) is 0 Å². The van der Waals surface area contributed by atoms with E-state index in [9.17, 15) is 4.79 Å². The summed E-state index contributed by atoms with van der Waals surface area (Å²) < 4.78 is 16.1. The first kappa shape index (κ1) is 18.0. The lowest BCUT2D eigenvalue weighted by Crippen LogP contribution is -2.34. The van der Waals surface area contributed by atoms with Crippen LogP contribution >= 0.6 is 0 Å². The minimum atomic E-state index is -0.345. The molecule has 0 spiro atoms. The first-order valence-corrected chi connectivity index (χ1v) is 8.12. The number of carbonyl (C=O) groups is 1. The predicted octanol–water partition coefficient (Wildman–Crippen LogP) is 4.19. The highest BCUT2D eigenvalue weighted by Gasteiger charge is 2.37. The van der Waals surface area contributed by atoms with Gasteiger partial charge in [0.2, 0.25) is 0 Å². The minimum absolute atomic E-state index is 0.0540. The zero-order chi connectivity index (χ0) is 17.3. The van der Waals surface area contributed by atoms with Gasteiger partial charge in [-0.25, -0.2) is 0 Å². The van der Waals surface area contributed by atoms with E-state index in [1.807, 2.05) is 12.1 Å². The second-order valence-electron chi connectivity index (χ2n) is 7.55. The number of rotatable bonds is 6. The molecule has 0 saturated heterocycles. The molecule has 0 fully saturated rings. The maximum Gasteiger partial charge on any atom is 0.191 e. The molecule has 4 nitrogen and oxygen atoms in total. The first-order chi connectivity index (χ1) is 10.7. The molecular weight excluding hydrogens is 292 g/mol. The van der Waals surface area contributed by atoms with Gasteiger partial charge in [0.15, 0.2) is 19.4 Å². The lowest BCUT2D eigenvalue weighted by molar-refractivity contribution is -0.149. The minimum Gasteiger partial charge on any atom is -0.467 e. The molecule has 0 bridgehead atoms. The molecule has 0 heterocycles. The van der Waals surface area contributed by atoms with Crippen LogP contribution in [0.5, 0.6) is 5.75 Å². The van der Waals surface area contributed by atoms with Gasteiger partial charge in [0.1, 0.15) is 5.75 Å². The second kappa shape index (κ2) is 6.62. The Morgan fingerprint density at radius 2 is 1.70 bits per heavy atom. The molecule has 1 unspecified atom stereocenters. The molecule has 1 atom stereocenters. The van der Waals surface area contributed by atoms with Crippen molar-refractivity contribution in [2.24, 2.45) is 0 Å². The van der Waals surface area contributed by atoms with Gasteiger partial charge in [-0.05, 0) is 53.9 Å². The molecule has 1 aliphatic carbocycles. The van der Waals surface area contributed by atoms with Gasteiger partial charge in [0, 0.05) is 7.11 Å². The smallest absolute Gasteiger partial charge is 0.191 e. The van der Waals surface area contributed by atoms with Crippen molar-refractivity contribution in [2.75, 3.05) is 13.9 Å². The fourth-order valence-electron chi connectivity index (χ4n) is 3.09. The number of ether oxygens (including phenoxy) is 3.